The first-order valence-corrected chi connectivity index (χ1v) is 9.16. The van der Waals surface area contributed by atoms with E-state index in [1.165, 1.54) is 6.07 Å². The number of hydrogen-bond acceptors (Lipinski definition) is 5. The van der Waals surface area contributed by atoms with Crippen LogP contribution in [0.3, 0.4) is 0 Å². The highest BCUT2D eigenvalue weighted by Gasteiger charge is 2.31. The van der Waals surface area contributed by atoms with Gasteiger partial charge < -0.3 is 4.74 Å². The molecule has 1 aromatic heterocycles. The molecule has 0 radical (unpaired) electrons. The number of hydrazine groups is 1. The molecule has 7 nitrogen and oxygen atoms in total. The lowest BCUT2D eigenvalue weighted by Gasteiger charge is -2.11. The molecule has 146 valence electrons. The van der Waals surface area contributed by atoms with Crippen molar-refractivity contribution in [2.45, 2.75) is 11.3 Å². The lowest BCUT2D eigenvalue weighted by atomic mass is 10.2. The number of para-hydroxylation sites is 1. The number of aromatic nitrogens is 1. The van der Waals surface area contributed by atoms with E-state index in [0.717, 1.165) is 29.7 Å². The number of fused-ring (bicyclic) bond motifs is 1. The van der Waals surface area contributed by atoms with Crippen molar-refractivity contribution in [3.05, 3.63) is 66.4 Å². The molecular weight excluding hydrogens is 399 g/mol. The minimum Gasteiger partial charge on any atom is -0.406 e. The minimum atomic E-state index is -4.89. The van der Waals surface area contributed by atoms with Crippen molar-refractivity contribution in [2.75, 3.05) is 0 Å². The molecule has 1 heterocycles. The molecule has 3 rings (SSSR count). The van der Waals surface area contributed by atoms with Gasteiger partial charge in [0.2, 0.25) is 0 Å². The largest absolute Gasteiger partial charge is 0.573 e. The number of benzene rings is 2. The van der Waals surface area contributed by atoms with Crippen LogP contribution in [0.5, 0.6) is 5.75 Å². The van der Waals surface area contributed by atoms with E-state index >= 15 is 0 Å². The van der Waals surface area contributed by atoms with E-state index in [-0.39, 0.29) is 10.6 Å². The van der Waals surface area contributed by atoms with Crippen LogP contribution < -0.4 is 15.0 Å². The summed E-state index contributed by atoms with van der Waals surface area (Å²) in [6.07, 6.45) is -4.89. The third kappa shape index (κ3) is 4.75. The fraction of sp³-hybridized carbons (Fsp3) is 0.0588. The molecule has 0 atom stereocenters. The molecule has 0 unspecified atom stereocenters. The van der Waals surface area contributed by atoms with Gasteiger partial charge in [-0.25, -0.2) is 13.4 Å². The summed E-state index contributed by atoms with van der Waals surface area (Å²) in [5.74, 6) is -1.37. The molecule has 0 aliphatic rings. The monoisotopic (exact) mass is 411 g/mol. The molecule has 1 amide bonds. The van der Waals surface area contributed by atoms with E-state index in [2.05, 4.69) is 9.72 Å². The molecule has 0 spiro atoms. The van der Waals surface area contributed by atoms with Crippen molar-refractivity contribution in [1.29, 1.82) is 0 Å². The zero-order valence-electron chi connectivity index (χ0n) is 13.9. The average molecular weight is 411 g/mol. The molecule has 0 aliphatic carbocycles. The molecule has 11 heteroatoms. The smallest absolute Gasteiger partial charge is 0.406 e. The van der Waals surface area contributed by atoms with Crippen LogP contribution in [0, 0.1) is 0 Å². The van der Waals surface area contributed by atoms with E-state index in [4.69, 9.17) is 0 Å². The summed E-state index contributed by atoms with van der Waals surface area (Å²) < 4.78 is 64.4. The standard InChI is InChI=1S/C17H12F3N3O4S/c18-17(19,20)27-12-6-8-13(9-7-12)28(25,26)23-22-16(24)15-10-5-11-3-1-2-4-14(11)21-15/h1-10,23H,(H,22,24). The normalized spacial score (nSPS) is 12.0. The number of hydrogen-bond donors (Lipinski definition) is 2. The highest BCUT2D eigenvalue weighted by Crippen LogP contribution is 2.23. The Balaban J connectivity index is 1.69. The average Bonchev–Trinajstić information content (AvgIpc) is 2.65. The molecule has 0 bridgehead atoms. The number of alkyl halides is 3. The maximum absolute atomic E-state index is 12.2. The summed E-state index contributed by atoms with van der Waals surface area (Å²) in [4.78, 5) is 17.7. The number of carbonyl (C=O) groups excluding carboxylic acids is 1. The molecule has 3 aromatic rings. The highest BCUT2D eigenvalue weighted by molar-refractivity contribution is 7.89. The topological polar surface area (TPSA) is 97.4 Å². The van der Waals surface area contributed by atoms with E-state index in [0.29, 0.717) is 5.52 Å². The number of nitrogens with one attached hydrogen (secondary N) is 2. The van der Waals surface area contributed by atoms with E-state index in [1.807, 2.05) is 16.3 Å². The van der Waals surface area contributed by atoms with Gasteiger partial charge in [-0.05, 0) is 36.4 Å². The predicted octanol–water partition coefficient (Wildman–Crippen LogP) is 2.76. The second-order valence-electron chi connectivity index (χ2n) is 5.47. The first kappa shape index (κ1) is 19.6. The van der Waals surface area contributed by atoms with Crippen LogP contribution in [0.4, 0.5) is 13.2 Å². The first-order chi connectivity index (χ1) is 13.1. The third-order valence-corrected chi connectivity index (χ3v) is 4.76. The van der Waals surface area contributed by atoms with Gasteiger partial charge in [-0.1, -0.05) is 24.3 Å². The van der Waals surface area contributed by atoms with Crippen molar-refractivity contribution in [1.82, 2.24) is 15.2 Å². The maximum atomic E-state index is 12.2. The Labute approximate surface area is 157 Å². The van der Waals surface area contributed by atoms with Crippen LogP contribution in [-0.4, -0.2) is 25.7 Å². The van der Waals surface area contributed by atoms with Crippen LogP contribution in [0.15, 0.2) is 65.6 Å². The SMILES string of the molecule is O=C(NNS(=O)(=O)c1ccc(OC(F)(F)F)cc1)c1ccc2ccccc2n1. The van der Waals surface area contributed by atoms with Gasteiger partial charge in [0.25, 0.3) is 15.9 Å². The van der Waals surface area contributed by atoms with Crippen LogP contribution >= 0.6 is 0 Å². The second kappa shape index (κ2) is 7.44. The number of carbonyl (C=O) groups is 1. The number of nitrogens with zero attached hydrogens (tertiary/aromatic N) is 1. The Morgan fingerprint density at radius 1 is 0.964 bits per heavy atom. The predicted molar refractivity (Wildman–Crippen MR) is 92.7 cm³/mol. The molecule has 0 saturated carbocycles. The quantitative estimate of drug-likeness (QED) is 0.630. The lowest BCUT2D eigenvalue weighted by molar-refractivity contribution is -0.274. The summed E-state index contributed by atoms with van der Waals surface area (Å²) >= 11 is 0. The first-order valence-electron chi connectivity index (χ1n) is 7.68. The Bertz CT molecular complexity index is 1120. The number of halogens is 3. The number of rotatable bonds is 5. The fourth-order valence-corrected chi connectivity index (χ4v) is 3.09. The van der Waals surface area contributed by atoms with Crippen molar-refractivity contribution < 1.29 is 31.1 Å². The van der Waals surface area contributed by atoms with Crippen LogP contribution in [0.1, 0.15) is 10.5 Å². The van der Waals surface area contributed by atoms with Crippen molar-refractivity contribution >= 4 is 26.8 Å². The molecule has 0 fully saturated rings. The number of ether oxygens (including phenoxy) is 1. The van der Waals surface area contributed by atoms with Gasteiger partial charge in [-0.15, -0.1) is 18.0 Å². The van der Waals surface area contributed by atoms with E-state index in [9.17, 15) is 26.4 Å². The molecule has 0 aliphatic heterocycles. The fourth-order valence-electron chi connectivity index (χ4n) is 2.25. The van der Waals surface area contributed by atoms with E-state index < -0.39 is 28.0 Å². The van der Waals surface area contributed by atoms with Gasteiger partial charge in [0.05, 0.1) is 10.4 Å². The molecule has 0 saturated heterocycles. The summed E-state index contributed by atoms with van der Waals surface area (Å²) in [7, 11) is -4.21. The highest BCUT2D eigenvalue weighted by atomic mass is 32.2. The molecular formula is C17H12F3N3O4S. The van der Waals surface area contributed by atoms with Gasteiger partial charge in [0.15, 0.2) is 0 Å². The summed E-state index contributed by atoms with van der Waals surface area (Å²) in [5.41, 5.74) is 2.54. The molecule has 28 heavy (non-hydrogen) atoms. The van der Waals surface area contributed by atoms with Crippen molar-refractivity contribution in [3.8, 4) is 5.75 Å². The number of pyridine rings is 1. The van der Waals surface area contributed by atoms with Crippen molar-refractivity contribution in [3.63, 3.8) is 0 Å². The number of sulfonamides is 1. The molecule has 2 N–H and O–H groups in total. The van der Waals surface area contributed by atoms with Gasteiger partial charge in [-0.3, -0.25) is 10.2 Å². The Morgan fingerprint density at radius 2 is 1.64 bits per heavy atom. The summed E-state index contributed by atoms with van der Waals surface area (Å²) in [6, 6.07) is 13.6. The third-order valence-electron chi connectivity index (χ3n) is 3.50. The van der Waals surface area contributed by atoms with E-state index in [1.54, 1.807) is 24.3 Å². The zero-order chi connectivity index (χ0) is 20.4. The van der Waals surface area contributed by atoms with Crippen molar-refractivity contribution in [2.24, 2.45) is 0 Å². The lowest BCUT2D eigenvalue weighted by Crippen LogP contribution is -2.41. The molecule has 2 aromatic carbocycles. The Kier molecular flexibility index (Phi) is 5.21. The van der Waals surface area contributed by atoms with Crippen LogP contribution in [0.2, 0.25) is 0 Å². The maximum Gasteiger partial charge on any atom is 0.573 e. The van der Waals surface area contributed by atoms with Gasteiger partial charge in [-0.2, -0.15) is 0 Å². The van der Waals surface area contributed by atoms with Gasteiger partial charge in [0, 0.05) is 5.39 Å². The minimum absolute atomic E-state index is 0.0182. The van der Waals surface area contributed by atoms with Gasteiger partial charge in [0.1, 0.15) is 11.4 Å². The second-order valence-corrected chi connectivity index (χ2v) is 7.15. The Morgan fingerprint density at radius 3 is 2.32 bits per heavy atom. The van der Waals surface area contributed by atoms with Crippen LogP contribution in [-0.2, 0) is 10.0 Å². The van der Waals surface area contributed by atoms with Gasteiger partial charge >= 0.3 is 6.36 Å². The van der Waals surface area contributed by atoms with Crippen LogP contribution in [0.25, 0.3) is 10.9 Å². The number of amides is 1. The summed E-state index contributed by atoms with van der Waals surface area (Å²) in [5, 5.41) is 0.806. The summed E-state index contributed by atoms with van der Waals surface area (Å²) in [6.45, 7) is 0. The zero-order valence-corrected chi connectivity index (χ0v) is 14.7. The Hall–Kier alpha value is -3.18.